The second-order valence-electron chi connectivity index (χ2n) is 3.62. The Labute approximate surface area is 111 Å². The molecular weight excluding hydrogens is 313 g/mol. The molecule has 1 unspecified atom stereocenters. The lowest BCUT2D eigenvalue weighted by molar-refractivity contribution is -0.138. The van der Waals surface area contributed by atoms with Crippen LogP contribution in [0.2, 0.25) is 0 Å². The van der Waals surface area contributed by atoms with Gasteiger partial charge < -0.3 is 4.74 Å². The summed E-state index contributed by atoms with van der Waals surface area (Å²) in [6, 6.07) is 3.33. The van der Waals surface area contributed by atoms with Gasteiger partial charge in [-0.05, 0) is 32.0 Å². The Bertz CT molecular complexity index is 441. The van der Waals surface area contributed by atoms with Crippen LogP contribution in [0, 0.1) is 0 Å². The molecule has 6 heteroatoms. The number of Topliss-reactive ketones (excluding diaryl/α,β-unsaturated/α-hetero) is 1. The van der Waals surface area contributed by atoms with Crippen LogP contribution < -0.4 is 4.74 Å². The summed E-state index contributed by atoms with van der Waals surface area (Å²) in [7, 11) is 0. The van der Waals surface area contributed by atoms with Gasteiger partial charge >= 0.3 is 6.18 Å². The molecule has 0 aliphatic rings. The van der Waals surface area contributed by atoms with Crippen molar-refractivity contribution in [2.24, 2.45) is 0 Å². The minimum absolute atomic E-state index is 0.00940. The minimum Gasteiger partial charge on any atom is -0.493 e. The Hall–Kier alpha value is -1.04. The van der Waals surface area contributed by atoms with Crippen molar-refractivity contribution in [3.8, 4) is 5.75 Å². The van der Waals surface area contributed by atoms with Crippen molar-refractivity contribution in [2.75, 3.05) is 6.61 Å². The zero-order valence-electron chi connectivity index (χ0n) is 9.84. The van der Waals surface area contributed by atoms with Gasteiger partial charge in [0.05, 0.1) is 17.0 Å². The molecule has 0 heterocycles. The predicted molar refractivity (Wildman–Crippen MR) is 65.3 cm³/mol. The number of carbonyl (C=O) groups excluding carboxylic acids is 1. The van der Waals surface area contributed by atoms with Crippen LogP contribution >= 0.6 is 15.9 Å². The van der Waals surface area contributed by atoms with Crippen molar-refractivity contribution in [1.82, 2.24) is 0 Å². The van der Waals surface area contributed by atoms with Crippen molar-refractivity contribution in [2.45, 2.75) is 24.9 Å². The molecule has 0 N–H and O–H groups in total. The van der Waals surface area contributed by atoms with Gasteiger partial charge in [-0.2, -0.15) is 13.2 Å². The van der Waals surface area contributed by atoms with Gasteiger partial charge in [-0.15, -0.1) is 0 Å². The first-order chi connectivity index (χ1) is 8.27. The fourth-order valence-electron chi connectivity index (χ4n) is 1.42. The van der Waals surface area contributed by atoms with Crippen molar-refractivity contribution >= 4 is 21.7 Å². The van der Waals surface area contributed by atoms with E-state index >= 15 is 0 Å². The smallest absolute Gasteiger partial charge is 0.419 e. The topological polar surface area (TPSA) is 26.3 Å². The first-order valence-corrected chi connectivity index (χ1v) is 6.21. The molecule has 2 nitrogen and oxygen atoms in total. The van der Waals surface area contributed by atoms with Gasteiger partial charge in [0.25, 0.3) is 0 Å². The summed E-state index contributed by atoms with van der Waals surface area (Å²) in [5, 5.41) is 0. The highest BCUT2D eigenvalue weighted by Gasteiger charge is 2.35. The summed E-state index contributed by atoms with van der Waals surface area (Å²) in [5.74, 6) is -0.660. The summed E-state index contributed by atoms with van der Waals surface area (Å²) in [4.78, 5) is 11.1. The van der Waals surface area contributed by atoms with Crippen LogP contribution in [-0.2, 0) is 6.18 Å². The van der Waals surface area contributed by atoms with Crippen molar-refractivity contribution in [1.29, 1.82) is 0 Å². The van der Waals surface area contributed by atoms with Crippen LogP contribution in [0.3, 0.4) is 0 Å². The molecule has 1 aromatic carbocycles. The molecule has 0 aromatic heterocycles. The Morgan fingerprint density at radius 3 is 2.50 bits per heavy atom. The van der Waals surface area contributed by atoms with Gasteiger partial charge in [-0.3, -0.25) is 4.79 Å². The summed E-state index contributed by atoms with van der Waals surface area (Å²) in [6.45, 7) is 3.29. The minimum atomic E-state index is -4.55. The van der Waals surface area contributed by atoms with Gasteiger partial charge in [0.2, 0.25) is 0 Å². The lowest BCUT2D eigenvalue weighted by Crippen LogP contribution is -2.14. The van der Waals surface area contributed by atoms with Crippen LogP contribution in [0.15, 0.2) is 18.2 Å². The number of rotatable bonds is 4. The maximum absolute atomic E-state index is 12.8. The molecule has 0 aliphatic heterocycles. The molecule has 0 saturated carbocycles. The summed E-state index contributed by atoms with van der Waals surface area (Å²) in [6.07, 6.45) is -4.55. The number of carbonyl (C=O) groups is 1. The van der Waals surface area contributed by atoms with Crippen LogP contribution in [0.5, 0.6) is 5.75 Å². The predicted octanol–water partition coefficient (Wildman–Crippen LogP) is 4.07. The van der Waals surface area contributed by atoms with E-state index in [-0.39, 0.29) is 17.9 Å². The third-order valence-electron chi connectivity index (χ3n) is 2.23. The van der Waals surface area contributed by atoms with E-state index in [1.54, 1.807) is 13.8 Å². The monoisotopic (exact) mass is 324 g/mol. The Balaban J connectivity index is 3.26. The van der Waals surface area contributed by atoms with Gasteiger partial charge in [0, 0.05) is 5.56 Å². The van der Waals surface area contributed by atoms with Gasteiger partial charge in [-0.25, -0.2) is 0 Å². The molecule has 0 saturated heterocycles. The number of halogens is 4. The Morgan fingerprint density at radius 2 is 2.06 bits per heavy atom. The van der Waals surface area contributed by atoms with E-state index in [4.69, 9.17) is 4.74 Å². The molecule has 0 spiro atoms. The maximum Gasteiger partial charge on any atom is 0.419 e. The number of hydrogen-bond donors (Lipinski definition) is 0. The number of ether oxygens (including phenoxy) is 1. The standard InChI is InChI=1S/C12H12BrF3O2/c1-3-18-10-5-4-8(11(17)7(2)13)6-9(10)12(14,15)16/h4-7H,3H2,1-2H3. The van der Waals surface area contributed by atoms with E-state index in [1.807, 2.05) is 0 Å². The highest BCUT2D eigenvalue weighted by atomic mass is 79.9. The molecule has 1 atom stereocenters. The average Bonchev–Trinajstić information content (AvgIpc) is 2.27. The zero-order chi connectivity index (χ0) is 13.9. The van der Waals surface area contributed by atoms with Crippen molar-refractivity contribution in [3.05, 3.63) is 29.3 Å². The SMILES string of the molecule is CCOc1ccc(C(=O)C(C)Br)cc1C(F)(F)F. The van der Waals surface area contributed by atoms with E-state index in [1.165, 1.54) is 12.1 Å². The van der Waals surface area contributed by atoms with Gasteiger partial charge in [-0.1, -0.05) is 15.9 Å². The van der Waals surface area contributed by atoms with Gasteiger partial charge in [0.1, 0.15) is 5.75 Å². The van der Waals surface area contributed by atoms with E-state index in [2.05, 4.69) is 15.9 Å². The molecule has 100 valence electrons. The highest BCUT2D eigenvalue weighted by molar-refractivity contribution is 9.10. The highest BCUT2D eigenvalue weighted by Crippen LogP contribution is 2.37. The normalized spacial score (nSPS) is 13.2. The molecule has 0 radical (unpaired) electrons. The molecule has 0 amide bonds. The summed E-state index contributed by atoms with van der Waals surface area (Å²) >= 11 is 3.04. The third-order valence-corrected chi connectivity index (χ3v) is 2.65. The van der Waals surface area contributed by atoms with Crippen molar-refractivity contribution in [3.63, 3.8) is 0 Å². The lowest BCUT2D eigenvalue weighted by atomic mass is 10.0. The lowest BCUT2D eigenvalue weighted by Gasteiger charge is -2.14. The second kappa shape index (κ2) is 5.73. The van der Waals surface area contributed by atoms with Crippen LogP contribution in [-0.4, -0.2) is 17.2 Å². The van der Waals surface area contributed by atoms with Crippen LogP contribution in [0.1, 0.15) is 29.8 Å². The van der Waals surface area contributed by atoms with Crippen LogP contribution in [0.4, 0.5) is 13.2 Å². The Morgan fingerprint density at radius 1 is 1.44 bits per heavy atom. The average molecular weight is 325 g/mol. The van der Waals surface area contributed by atoms with Crippen LogP contribution in [0.25, 0.3) is 0 Å². The fraction of sp³-hybridized carbons (Fsp3) is 0.417. The van der Waals surface area contributed by atoms with E-state index < -0.39 is 22.4 Å². The molecular formula is C12H12BrF3O2. The fourth-order valence-corrected chi connectivity index (χ4v) is 1.68. The number of benzene rings is 1. The second-order valence-corrected chi connectivity index (χ2v) is 5.00. The number of ketones is 1. The van der Waals surface area contributed by atoms with E-state index in [0.29, 0.717) is 0 Å². The molecule has 0 fully saturated rings. The first-order valence-electron chi connectivity index (χ1n) is 5.29. The largest absolute Gasteiger partial charge is 0.493 e. The quantitative estimate of drug-likeness (QED) is 0.616. The molecule has 0 aliphatic carbocycles. The Kier molecular flexibility index (Phi) is 4.78. The zero-order valence-corrected chi connectivity index (χ0v) is 11.4. The van der Waals surface area contributed by atoms with Crippen molar-refractivity contribution < 1.29 is 22.7 Å². The first kappa shape index (κ1) is 15.0. The molecule has 18 heavy (non-hydrogen) atoms. The van der Waals surface area contributed by atoms with Gasteiger partial charge in [0.15, 0.2) is 5.78 Å². The number of alkyl halides is 4. The molecule has 1 aromatic rings. The third kappa shape index (κ3) is 3.48. The molecule has 0 bridgehead atoms. The van der Waals surface area contributed by atoms with E-state index in [0.717, 1.165) is 6.07 Å². The molecule has 1 rings (SSSR count). The summed E-state index contributed by atoms with van der Waals surface area (Å²) in [5.41, 5.74) is -0.918. The maximum atomic E-state index is 12.8. The van der Waals surface area contributed by atoms with E-state index in [9.17, 15) is 18.0 Å². The number of hydrogen-bond acceptors (Lipinski definition) is 2. The summed E-state index contributed by atoms with van der Waals surface area (Å²) < 4.78 is 43.4.